The van der Waals surface area contributed by atoms with Gasteiger partial charge in [-0.2, -0.15) is 4.72 Å². The van der Waals surface area contributed by atoms with Crippen LogP contribution in [0, 0.1) is 11.8 Å². The molecule has 0 bridgehead atoms. The molecule has 1 aromatic carbocycles. The SMILES string of the molecule is O=C(O)CNS(=O)(=O)c1cccc(C[C@H](C(=O)O)[C@H]2CCNC2)c1. The molecule has 1 heterocycles. The van der Waals surface area contributed by atoms with Crippen molar-refractivity contribution in [2.45, 2.75) is 17.7 Å². The molecule has 1 aliphatic rings. The van der Waals surface area contributed by atoms with Crippen LogP contribution in [0.2, 0.25) is 0 Å². The van der Waals surface area contributed by atoms with Crippen molar-refractivity contribution in [3.8, 4) is 0 Å². The van der Waals surface area contributed by atoms with Crippen molar-refractivity contribution in [1.29, 1.82) is 0 Å². The standard InChI is InChI=1S/C15H20N2O6S/c18-14(19)9-17-24(22,23)12-3-1-2-10(6-12)7-13(15(20)21)11-4-5-16-8-11/h1-3,6,11,13,16-17H,4-5,7-9H2,(H,18,19)(H,20,21)/t11-,13-/m0/s1. The quantitative estimate of drug-likeness (QED) is 0.511. The van der Waals surface area contributed by atoms with Gasteiger partial charge in [0.2, 0.25) is 10.0 Å². The molecule has 0 aromatic heterocycles. The number of hydrogen-bond acceptors (Lipinski definition) is 5. The Bertz CT molecular complexity index is 712. The highest BCUT2D eigenvalue weighted by Crippen LogP contribution is 2.24. The van der Waals surface area contributed by atoms with Gasteiger partial charge in [-0.05, 0) is 49.5 Å². The van der Waals surface area contributed by atoms with Gasteiger partial charge in [0.25, 0.3) is 0 Å². The van der Waals surface area contributed by atoms with Crippen molar-refractivity contribution in [2.75, 3.05) is 19.6 Å². The number of nitrogens with one attached hydrogen (secondary N) is 2. The Kier molecular flexibility index (Phi) is 5.92. The van der Waals surface area contributed by atoms with Crippen molar-refractivity contribution in [2.24, 2.45) is 11.8 Å². The van der Waals surface area contributed by atoms with Gasteiger partial charge in [0.1, 0.15) is 6.54 Å². The minimum absolute atomic E-state index is 0.00731. The minimum atomic E-state index is -3.94. The lowest BCUT2D eigenvalue weighted by Crippen LogP contribution is -2.30. The van der Waals surface area contributed by atoms with Crippen molar-refractivity contribution in [3.05, 3.63) is 29.8 Å². The molecular weight excluding hydrogens is 336 g/mol. The van der Waals surface area contributed by atoms with Gasteiger partial charge < -0.3 is 15.5 Å². The summed E-state index contributed by atoms with van der Waals surface area (Å²) in [6.45, 7) is 0.704. The zero-order chi connectivity index (χ0) is 17.7. The zero-order valence-corrected chi connectivity index (χ0v) is 13.8. The number of aliphatic carboxylic acids is 2. The van der Waals surface area contributed by atoms with Crippen LogP contribution >= 0.6 is 0 Å². The molecule has 0 aliphatic carbocycles. The second-order valence-corrected chi connectivity index (χ2v) is 7.53. The van der Waals surface area contributed by atoms with E-state index in [2.05, 4.69) is 5.32 Å². The van der Waals surface area contributed by atoms with Gasteiger partial charge in [-0.25, -0.2) is 8.42 Å². The largest absolute Gasteiger partial charge is 0.481 e. The van der Waals surface area contributed by atoms with E-state index in [4.69, 9.17) is 5.11 Å². The van der Waals surface area contributed by atoms with Crippen LogP contribution in [0.4, 0.5) is 0 Å². The number of carboxylic acid groups (broad SMARTS) is 2. The molecule has 2 atom stereocenters. The molecule has 8 nitrogen and oxygen atoms in total. The molecule has 0 unspecified atom stereocenters. The lowest BCUT2D eigenvalue weighted by Gasteiger charge is -2.19. The Morgan fingerprint density at radius 1 is 1.33 bits per heavy atom. The summed E-state index contributed by atoms with van der Waals surface area (Å²) in [7, 11) is -3.94. The number of carbonyl (C=O) groups is 2. The molecule has 2 rings (SSSR count). The summed E-state index contributed by atoms with van der Waals surface area (Å²) in [5.41, 5.74) is 0.590. The number of rotatable bonds is 8. The molecule has 4 N–H and O–H groups in total. The fourth-order valence-corrected chi connectivity index (χ4v) is 3.85. The molecule has 0 radical (unpaired) electrons. The molecule has 24 heavy (non-hydrogen) atoms. The molecule has 9 heteroatoms. The van der Waals surface area contributed by atoms with Crippen molar-refractivity contribution < 1.29 is 28.2 Å². The summed E-state index contributed by atoms with van der Waals surface area (Å²) >= 11 is 0. The van der Waals surface area contributed by atoms with Gasteiger partial charge in [0, 0.05) is 0 Å². The summed E-state index contributed by atoms with van der Waals surface area (Å²) in [5, 5.41) is 21.2. The number of hydrogen-bond donors (Lipinski definition) is 4. The Hall–Kier alpha value is -1.97. The van der Waals surface area contributed by atoms with E-state index in [1.165, 1.54) is 18.2 Å². The van der Waals surface area contributed by atoms with Crippen LogP contribution in [0.3, 0.4) is 0 Å². The monoisotopic (exact) mass is 356 g/mol. The van der Waals surface area contributed by atoms with E-state index in [0.717, 1.165) is 13.0 Å². The number of sulfonamides is 1. The summed E-state index contributed by atoms with van der Waals surface area (Å²) in [4.78, 5) is 22.0. The van der Waals surface area contributed by atoms with E-state index < -0.39 is 34.4 Å². The molecule has 1 fully saturated rings. The normalized spacial score (nSPS) is 19.1. The minimum Gasteiger partial charge on any atom is -0.481 e. The molecule has 0 spiro atoms. The maximum atomic E-state index is 12.1. The third-order valence-corrected chi connectivity index (χ3v) is 5.46. The Labute approximate surface area is 139 Å². The fraction of sp³-hybridized carbons (Fsp3) is 0.467. The summed E-state index contributed by atoms with van der Waals surface area (Å²) in [5.74, 6) is -2.77. The predicted octanol–water partition coefficient (Wildman–Crippen LogP) is -0.0977. The average molecular weight is 356 g/mol. The molecule has 0 amide bonds. The molecule has 1 aliphatic heterocycles. The van der Waals surface area contributed by atoms with Crippen LogP contribution in [0.25, 0.3) is 0 Å². The second kappa shape index (κ2) is 7.73. The van der Waals surface area contributed by atoms with E-state index in [1.807, 2.05) is 4.72 Å². The second-order valence-electron chi connectivity index (χ2n) is 5.77. The van der Waals surface area contributed by atoms with E-state index >= 15 is 0 Å². The maximum Gasteiger partial charge on any atom is 0.318 e. The van der Waals surface area contributed by atoms with Crippen molar-refractivity contribution >= 4 is 22.0 Å². The highest BCUT2D eigenvalue weighted by molar-refractivity contribution is 7.89. The summed E-state index contributed by atoms with van der Waals surface area (Å²) < 4.78 is 26.1. The summed E-state index contributed by atoms with van der Waals surface area (Å²) in [6.07, 6.45) is 0.999. The topological polar surface area (TPSA) is 133 Å². The Balaban J connectivity index is 2.16. The molecule has 132 valence electrons. The lowest BCUT2D eigenvalue weighted by atomic mass is 9.86. The Morgan fingerprint density at radius 2 is 2.08 bits per heavy atom. The van der Waals surface area contributed by atoms with Crippen molar-refractivity contribution in [1.82, 2.24) is 10.0 Å². The van der Waals surface area contributed by atoms with Gasteiger partial charge in [0.05, 0.1) is 10.8 Å². The highest BCUT2D eigenvalue weighted by Gasteiger charge is 2.30. The van der Waals surface area contributed by atoms with Crippen molar-refractivity contribution in [3.63, 3.8) is 0 Å². The van der Waals surface area contributed by atoms with Crippen LogP contribution in [-0.2, 0) is 26.0 Å². The molecule has 1 aromatic rings. The first-order valence-corrected chi connectivity index (χ1v) is 9.02. The third-order valence-electron chi connectivity index (χ3n) is 4.06. The molecule has 1 saturated heterocycles. The van der Waals surface area contributed by atoms with Crippen LogP contribution in [0.1, 0.15) is 12.0 Å². The number of carboxylic acids is 2. The van der Waals surface area contributed by atoms with Gasteiger partial charge in [-0.1, -0.05) is 12.1 Å². The lowest BCUT2D eigenvalue weighted by molar-refractivity contribution is -0.143. The van der Waals surface area contributed by atoms with Gasteiger partial charge in [0.15, 0.2) is 0 Å². The fourth-order valence-electron chi connectivity index (χ4n) is 2.81. The molecular formula is C15H20N2O6S. The first-order valence-electron chi connectivity index (χ1n) is 7.53. The van der Waals surface area contributed by atoms with Crippen LogP contribution < -0.4 is 10.0 Å². The van der Waals surface area contributed by atoms with Crippen LogP contribution in [0.5, 0.6) is 0 Å². The maximum absolute atomic E-state index is 12.1. The van der Waals surface area contributed by atoms with E-state index in [-0.39, 0.29) is 17.2 Å². The third kappa shape index (κ3) is 4.76. The van der Waals surface area contributed by atoms with E-state index in [0.29, 0.717) is 12.1 Å². The zero-order valence-electron chi connectivity index (χ0n) is 12.9. The van der Waals surface area contributed by atoms with E-state index in [9.17, 15) is 23.1 Å². The van der Waals surface area contributed by atoms with E-state index in [1.54, 1.807) is 6.07 Å². The highest BCUT2D eigenvalue weighted by atomic mass is 32.2. The summed E-state index contributed by atoms with van der Waals surface area (Å²) in [6, 6.07) is 5.94. The average Bonchev–Trinajstić information content (AvgIpc) is 3.05. The first kappa shape index (κ1) is 18.4. The smallest absolute Gasteiger partial charge is 0.318 e. The number of benzene rings is 1. The molecule has 0 saturated carbocycles. The first-order chi connectivity index (χ1) is 11.3. The predicted molar refractivity (Wildman–Crippen MR) is 85.1 cm³/mol. The van der Waals surface area contributed by atoms with Gasteiger partial charge in [-0.3, -0.25) is 9.59 Å². The van der Waals surface area contributed by atoms with Gasteiger partial charge >= 0.3 is 11.9 Å². The van der Waals surface area contributed by atoms with Crippen LogP contribution in [-0.4, -0.2) is 50.2 Å². The Morgan fingerprint density at radius 3 is 2.67 bits per heavy atom. The van der Waals surface area contributed by atoms with Gasteiger partial charge in [-0.15, -0.1) is 0 Å². The van der Waals surface area contributed by atoms with Crippen LogP contribution in [0.15, 0.2) is 29.2 Å².